The highest BCUT2D eigenvalue weighted by Gasteiger charge is 2.29. The molecule has 1 aliphatic carbocycles. The van der Waals surface area contributed by atoms with Crippen molar-refractivity contribution in [3.05, 3.63) is 38.5 Å². The van der Waals surface area contributed by atoms with Crippen LogP contribution in [0.5, 0.6) is 0 Å². The van der Waals surface area contributed by atoms with Crippen LogP contribution in [0.2, 0.25) is 0 Å². The van der Waals surface area contributed by atoms with Gasteiger partial charge in [0.1, 0.15) is 16.0 Å². The molecule has 130 valence electrons. The minimum absolute atomic E-state index is 0.162. The van der Waals surface area contributed by atoms with Gasteiger partial charge in [-0.3, -0.25) is 14.0 Å². The molecule has 5 rings (SSSR count). The summed E-state index contributed by atoms with van der Waals surface area (Å²) in [5.41, 5.74) is 0.579. The normalized spacial score (nSPS) is 18.4. The number of hydrogen-bond acceptors (Lipinski definition) is 4. The standard InChI is InChI=1S/C18H18FN3O2S/c19-12-8-11-13(9-14(12)21-6-2-1-3-7-21)22(10-4-5-10)18-15(16(11)23)17(24)20-25-18/h8-10H,1-7H2,(H,20,24). The maximum atomic E-state index is 14.8. The SMILES string of the molecule is O=c1[nH]sc2c1c(=O)c1cc(F)c(N3CCCCC3)cc1n2C1CC1. The summed E-state index contributed by atoms with van der Waals surface area (Å²) in [5, 5.41) is 0.469. The molecule has 0 atom stereocenters. The van der Waals surface area contributed by atoms with Crippen molar-refractivity contribution in [1.82, 2.24) is 8.94 Å². The lowest BCUT2D eigenvalue weighted by atomic mass is 10.1. The van der Waals surface area contributed by atoms with Crippen LogP contribution >= 0.6 is 11.5 Å². The van der Waals surface area contributed by atoms with Crippen LogP contribution in [0.25, 0.3) is 21.1 Å². The molecule has 0 radical (unpaired) electrons. The fraction of sp³-hybridized carbons (Fsp3) is 0.444. The number of aromatic amines is 1. The Morgan fingerprint density at radius 1 is 1.12 bits per heavy atom. The molecule has 3 aromatic rings. The first kappa shape index (κ1) is 15.1. The van der Waals surface area contributed by atoms with Crippen LogP contribution in [-0.2, 0) is 0 Å². The molecule has 0 amide bonds. The summed E-state index contributed by atoms with van der Waals surface area (Å²) in [5.74, 6) is -0.375. The van der Waals surface area contributed by atoms with Crippen molar-refractivity contribution in [1.29, 1.82) is 0 Å². The Bertz CT molecular complexity index is 1100. The van der Waals surface area contributed by atoms with Crippen LogP contribution in [0.3, 0.4) is 0 Å². The van der Waals surface area contributed by atoms with Gasteiger partial charge in [0.05, 0.1) is 11.2 Å². The fourth-order valence-corrected chi connectivity index (χ4v) is 4.84. The van der Waals surface area contributed by atoms with E-state index >= 15 is 0 Å². The van der Waals surface area contributed by atoms with Gasteiger partial charge in [0.15, 0.2) is 0 Å². The van der Waals surface area contributed by atoms with E-state index in [1.54, 1.807) is 0 Å². The zero-order valence-corrected chi connectivity index (χ0v) is 14.5. The van der Waals surface area contributed by atoms with Crippen LogP contribution < -0.4 is 15.9 Å². The summed E-state index contributed by atoms with van der Waals surface area (Å²) >= 11 is 1.20. The highest BCUT2D eigenvalue weighted by atomic mass is 32.1. The largest absolute Gasteiger partial charge is 0.369 e. The monoisotopic (exact) mass is 359 g/mol. The number of benzene rings is 1. The molecule has 1 aliphatic heterocycles. The molecule has 5 nitrogen and oxygen atoms in total. The van der Waals surface area contributed by atoms with Gasteiger partial charge in [0.2, 0.25) is 5.43 Å². The summed E-state index contributed by atoms with van der Waals surface area (Å²) in [4.78, 5) is 27.6. The maximum Gasteiger partial charge on any atom is 0.271 e. The Labute approximate surface area is 146 Å². The smallest absolute Gasteiger partial charge is 0.271 e. The van der Waals surface area contributed by atoms with Crippen molar-refractivity contribution >= 4 is 38.3 Å². The Hall–Kier alpha value is -2.15. The van der Waals surface area contributed by atoms with E-state index in [1.165, 1.54) is 24.0 Å². The highest BCUT2D eigenvalue weighted by Crippen LogP contribution is 2.40. The van der Waals surface area contributed by atoms with Gasteiger partial charge >= 0.3 is 0 Å². The van der Waals surface area contributed by atoms with Crippen molar-refractivity contribution in [2.24, 2.45) is 0 Å². The number of H-pyrrole nitrogens is 1. The van der Waals surface area contributed by atoms with Gasteiger partial charge in [-0.05, 0) is 55.8 Å². The van der Waals surface area contributed by atoms with Gasteiger partial charge in [-0.25, -0.2) is 4.39 Å². The molecule has 2 fully saturated rings. The number of fused-ring (bicyclic) bond motifs is 2. The predicted octanol–water partition coefficient (Wildman–Crippen LogP) is 3.37. The molecule has 1 N–H and O–H groups in total. The first-order valence-electron chi connectivity index (χ1n) is 8.79. The van der Waals surface area contributed by atoms with Crippen molar-refractivity contribution in [2.45, 2.75) is 38.1 Å². The molecule has 0 unspecified atom stereocenters. The lowest BCUT2D eigenvalue weighted by molar-refractivity contribution is 0.557. The Kier molecular flexibility index (Phi) is 3.28. The first-order chi connectivity index (χ1) is 12.1. The van der Waals surface area contributed by atoms with E-state index in [0.717, 1.165) is 44.3 Å². The van der Waals surface area contributed by atoms with E-state index in [9.17, 15) is 14.0 Å². The number of nitrogens with zero attached hydrogens (tertiary/aromatic N) is 2. The number of anilines is 1. The zero-order chi connectivity index (χ0) is 17.1. The summed E-state index contributed by atoms with van der Waals surface area (Å²) in [6.45, 7) is 1.69. The van der Waals surface area contributed by atoms with E-state index in [4.69, 9.17) is 0 Å². The summed E-state index contributed by atoms with van der Waals surface area (Å²) in [6.07, 6.45) is 5.35. The van der Waals surface area contributed by atoms with Gasteiger partial charge in [0.25, 0.3) is 5.56 Å². The van der Waals surface area contributed by atoms with E-state index in [1.807, 2.05) is 6.07 Å². The van der Waals surface area contributed by atoms with Gasteiger partial charge < -0.3 is 9.47 Å². The number of halogens is 1. The third-order valence-electron chi connectivity index (χ3n) is 5.31. The number of pyridine rings is 1. The molecule has 3 heterocycles. The van der Waals surface area contributed by atoms with Crippen molar-refractivity contribution in [2.75, 3.05) is 18.0 Å². The third kappa shape index (κ3) is 2.25. The predicted molar refractivity (Wildman–Crippen MR) is 98.5 cm³/mol. The Balaban J connectivity index is 1.86. The van der Waals surface area contributed by atoms with Gasteiger partial charge in [-0.1, -0.05) is 0 Å². The van der Waals surface area contributed by atoms with E-state index in [0.29, 0.717) is 15.9 Å². The molecule has 1 aromatic carbocycles. The average molecular weight is 359 g/mol. The lowest BCUT2D eigenvalue weighted by Crippen LogP contribution is -2.30. The lowest BCUT2D eigenvalue weighted by Gasteiger charge is -2.29. The van der Waals surface area contributed by atoms with Crippen LogP contribution in [0.1, 0.15) is 38.1 Å². The molecular weight excluding hydrogens is 341 g/mol. The summed E-state index contributed by atoms with van der Waals surface area (Å²) < 4.78 is 19.5. The molecule has 0 bridgehead atoms. The van der Waals surface area contributed by atoms with Crippen LogP contribution in [0, 0.1) is 5.82 Å². The Morgan fingerprint density at radius 3 is 2.60 bits per heavy atom. The van der Waals surface area contributed by atoms with Crippen LogP contribution in [-0.4, -0.2) is 22.0 Å². The van der Waals surface area contributed by atoms with E-state index in [-0.39, 0.29) is 28.2 Å². The fourth-order valence-electron chi connectivity index (χ4n) is 3.91. The molecule has 1 saturated heterocycles. The second-order valence-electron chi connectivity index (χ2n) is 7.01. The second kappa shape index (κ2) is 5.42. The first-order valence-corrected chi connectivity index (χ1v) is 9.60. The number of aromatic nitrogens is 2. The quantitative estimate of drug-likeness (QED) is 0.763. The summed E-state index contributed by atoms with van der Waals surface area (Å²) in [7, 11) is 0. The minimum Gasteiger partial charge on any atom is -0.369 e. The molecule has 25 heavy (non-hydrogen) atoms. The van der Waals surface area contributed by atoms with Crippen molar-refractivity contribution < 1.29 is 4.39 Å². The molecule has 1 saturated carbocycles. The van der Waals surface area contributed by atoms with E-state index < -0.39 is 0 Å². The van der Waals surface area contributed by atoms with Crippen molar-refractivity contribution in [3.8, 4) is 0 Å². The summed E-state index contributed by atoms with van der Waals surface area (Å²) in [6, 6.07) is 3.44. The number of rotatable bonds is 2. The number of hydrogen-bond donors (Lipinski definition) is 1. The minimum atomic E-state index is -0.375. The van der Waals surface area contributed by atoms with Gasteiger partial charge in [-0.15, -0.1) is 0 Å². The van der Waals surface area contributed by atoms with E-state index in [2.05, 4.69) is 13.8 Å². The van der Waals surface area contributed by atoms with Gasteiger partial charge in [0, 0.05) is 24.5 Å². The van der Waals surface area contributed by atoms with Crippen LogP contribution in [0.15, 0.2) is 21.7 Å². The molecule has 7 heteroatoms. The molecular formula is C18H18FN3O2S. The zero-order valence-electron chi connectivity index (χ0n) is 13.7. The molecule has 0 spiro atoms. The maximum absolute atomic E-state index is 14.8. The molecule has 2 aliphatic rings. The van der Waals surface area contributed by atoms with Crippen LogP contribution in [0.4, 0.5) is 10.1 Å². The topological polar surface area (TPSA) is 58.1 Å². The van der Waals surface area contributed by atoms with Gasteiger partial charge in [-0.2, -0.15) is 0 Å². The Morgan fingerprint density at radius 2 is 1.88 bits per heavy atom. The highest BCUT2D eigenvalue weighted by molar-refractivity contribution is 7.12. The molecule has 2 aromatic heterocycles. The number of piperidine rings is 1. The third-order valence-corrected chi connectivity index (χ3v) is 6.19. The van der Waals surface area contributed by atoms with Crippen molar-refractivity contribution in [3.63, 3.8) is 0 Å². The number of nitrogens with one attached hydrogen (secondary N) is 1. The average Bonchev–Trinajstić information content (AvgIpc) is 3.38. The second-order valence-corrected chi connectivity index (χ2v) is 7.81.